The van der Waals surface area contributed by atoms with Crippen LogP contribution in [-0.4, -0.2) is 21.0 Å². The van der Waals surface area contributed by atoms with Crippen molar-refractivity contribution in [2.45, 2.75) is 26.3 Å². The smallest absolute Gasteiger partial charge is 0.227 e. The molecule has 1 amide bonds. The summed E-state index contributed by atoms with van der Waals surface area (Å²) in [5.74, 6) is 0.917. The van der Waals surface area contributed by atoms with Crippen LogP contribution < -0.4 is 4.90 Å². The second-order valence-electron chi connectivity index (χ2n) is 7.05. The lowest BCUT2D eigenvalue weighted by Gasteiger charge is -2.23. The standard InChI is InChI=1S/C24H22N4O2/c1-18-9-11-21(12-10-18)28(17-19-6-3-2-4-7-19)23(29)14-13-22-26-24(27-30-22)20-8-5-15-25-16-20/h2-12,15-16H,13-14,17H2,1H3. The molecule has 0 aliphatic heterocycles. The molecule has 0 aliphatic rings. The second-order valence-corrected chi connectivity index (χ2v) is 7.05. The van der Waals surface area contributed by atoms with Gasteiger partial charge < -0.3 is 9.42 Å². The molecule has 6 heteroatoms. The predicted octanol–water partition coefficient (Wildman–Crippen LogP) is 4.61. The number of aromatic nitrogens is 3. The molecule has 0 fully saturated rings. The Morgan fingerprint density at radius 1 is 1.00 bits per heavy atom. The fourth-order valence-corrected chi connectivity index (χ4v) is 3.13. The van der Waals surface area contributed by atoms with E-state index in [9.17, 15) is 4.79 Å². The highest BCUT2D eigenvalue weighted by Gasteiger charge is 2.18. The van der Waals surface area contributed by atoms with Crippen LogP contribution in [0.3, 0.4) is 0 Å². The minimum atomic E-state index is 0.00355. The number of nitrogens with zero attached hydrogens (tertiary/aromatic N) is 4. The molecule has 4 aromatic rings. The first-order chi connectivity index (χ1) is 14.7. The quantitative estimate of drug-likeness (QED) is 0.455. The van der Waals surface area contributed by atoms with Crippen LogP contribution in [0.25, 0.3) is 11.4 Å². The normalized spacial score (nSPS) is 10.7. The van der Waals surface area contributed by atoms with Crippen LogP contribution in [0, 0.1) is 6.92 Å². The number of benzene rings is 2. The summed E-state index contributed by atoms with van der Waals surface area (Å²) in [5.41, 5.74) is 3.88. The summed E-state index contributed by atoms with van der Waals surface area (Å²) < 4.78 is 5.33. The SMILES string of the molecule is Cc1ccc(N(Cc2ccccc2)C(=O)CCc2nc(-c3cccnc3)no2)cc1. The van der Waals surface area contributed by atoms with E-state index in [2.05, 4.69) is 15.1 Å². The zero-order valence-corrected chi connectivity index (χ0v) is 16.7. The molecule has 0 spiro atoms. The third-order valence-corrected chi connectivity index (χ3v) is 4.77. The Hall–Kier alpha value is -3.80. The van der Waals surface area contributed by atoms with Gasteiger partial charge in [-0.2, -0.15) is 4.98 Å². The Morgan fingerprint density at radius 3 is 2.53 bits per heavy atom. The fraction of sp³-hybridized carbons (Fsp3) is 0.167. The van der Waals surface area contributed by atoms with Gasteiger partial charge in [0.1, 0.15) is 0 Å². The van der Waals surface area contributed by atoms with Crippen molar-refractivity contribution in [2.75, 3.05) is 4.90 Å². The van der Waals surface area contributed by atoms with Crippen LogP contribution in [0.5, 0.6) is 0 Å². The topological polar surface area (TPSA) is 72.1 Å². The summed E-state index contributed by atoms with van der Waals surface area (Å²) in [5, 5.41) is 3.99. The Labute approximate surface area is 175 Å². The number of carbonyl (C=O) groups excluding carboxylic acids is 1. The van der Waals surface area contributed by atoms with Crippen LogP contribution >= 0.6 is 0 Å². The summed E-state index contributed by atoms with van der Waals surface area (Å²) in [7, 11) is 0. The zero-order valence-electron chi connectivity index (χ0n) is 16.7. The molecular weight excluding hydrogens is 376 g/mol. The molecule has 150 valence electrons. The van der Waals surface area contributed by atoms with Crippen molar-refractivity contribution in [3.05, 3.63) is 96.1 Å². The van der Waals surface area contributed by atoms with Gasteiger partial charge in [-0.3, -0.25) is 9.78 Å². The van der Waals surface area contributed by atoms with Gasteiger partial charge in [0, 0.05) is 36.5 Å². The molecule has 0 saturated carbocycles. The minimum absolute atomic E-state index is 0.00355. The highest BCUT2D eigenvalue weighted by atomic mass is 16.5. The van der Waals surface area contributed by atoms with Crippen molar-refractivity contribution >= 4 is 11.6 Å². The molecule has 2 aromatic heterocycles. The van der Waals surface area contributed by atoms with E-state index in [1.807, 2.05) is 73.7 Å². The molecule has 4 rings (SSSR count). The molecule has 30 heavy (non-hydrogen) atoms. The van der Waals surface area contributed by atoms with Gasteiger partial charge in [0.05, 0.1) is 6.54 Å². The van der Waals surface area contributed by atoms with E-state index in [1.165, 1.54) is 0 Å². The molecule has 0 unspecified atom stereocenters. The molecule has 0 aliphatic carbocycles. The molecule has 0 saturated heterocycles. The van der Waals surface area contributed by atoms with E-state index >= 15 is 0 Å². The Balaban J connectivity index is 1.48. The number of hydrogen-bond donors (Lipinski definition) is 0. The van der Waals surface area contributed by atoms with Crippen molar-refractivity contribution in [2.24, 2.45) is 0 Å². The first-order valence-electron chi connectivity index (χ1n) is 9.83. The minimum Gasteiger partial charge on any atom is -0.339 e. The van der Waals surface area contributed by atoms with Gasteiger partial charge in [-0.05, 0) is 36.8 Å². The van der Waals surface area contributed by atoms with Gasteiger partial charge in [0.15, 0.2) is 0 Å². The maximum absolute atomic E-state index is 13.1. The van der Waals surface area contributed by atoms with Gasteiger partial charge in [-0.25, -0.2) is 0 Å². The second kappa shape index (κ2) is 9.13. The highest BCUT2D eigenvalue weighted by molar-refractivity contribution is 5.93. The van der Waals surface area contributed by atoms with Gasteiger partial charge in [-0.1, -0.05) is 53.2 Å². The lowest BCUT2D eigenvalue weighted by molar-refractivity contribution is -0.118. The average molecular weight is 398 g/mol. The summed E-state index contributed by atoms with van der Waals surface area (Å²) >= 11 is 0. The molecule has 0 bridgehead atoms. The summed E-state index contributed by atoms with van der Waals surface area (Å²) in [6.45, 7) is 2.54. The molecule has 2 heterocycles. The van der Waals surface area contributed by atoms with Crippen LogP contribution in [0.15, 0.2) is 83.6 Å². The monoisotopic (exact) mass is 398 g/mol. The maximum Gasteiger partial charge on any atom is 0.227 e. The van der Waals surface area contributed by atoms with E-state index in [1.54, 1.807) is 17.3 Å². The van der Waals surface area contributed by atoms with Gasteiger partial charge in [-0.15, -0.1) is 0 Å². The molecule has 0 atom stereocenters. The summed E-state index contributed by atoms with van der Waals surface area (Å²) in [4.78, 5) is 23.4. The maximum atomic E-state index is 13.1. The number of anilines is 1. The van der Waals surface area contributed by atoms with Gasteiger partial charge in [0.25, 0.3) is 0 Å². The van der Waals surface area contributed by atoms with Crippen LogP contribution in [0.2, 0.25) is 0 Å². The first-order valence-corrected chi connectivity index (χ1v) is 9.83. The van der Waals surface area contributed by atoms with Crippen LogP contribution in [-0.2, 0) is 17.8 Å². The molecular formula is C24H22N4O2. The predicted molar refractivity (Wildman–Crippen MR) is 115 cm³/mol. The van der Waals surface area contributed by atoms with E-state index in [4.69, 9.17) is 4.52 Å². The van der Waals surface area contributed by atoms with E-state index in [0.717, 1.165) is 22.4 Å². The Bertz CT molecular complexity index is 1090. The highest BCUT2D eigenvalue weighted by Crippen LogP contribution is 2.20. The third-order valence-electron chi connectivity index (χ3n) is 4.77. The van der Waals surface area contributed by atoms with Crippen molar-refractivity contribution in [1.82, 2.24) is 15.1 Å². The Morgan fingerprint density at radius 2 is 1.80 bits per heavy atom. The lowest BCUT2D eigenvalue weighted by atomic mass is 10.1. The lowest BCUT2D eigenvalue weighted by Crippen LogP contribution is -2.30. The third kappa shape index (κ3) is 4.78. The largest absolute Gasteiger partial charge is 0.339 e. The summed E-state index contributed by atoms with van der Waals surface area (Å²) in [6, 6.07) is 21.6. The first kappa shape index (κ1) is 19.5. The Kier molecular flexibility index (Phi) is 5.94. The zero-order chi connectivity index (χ0) is 20.8. The summed E-state index contributed by atoms with van der Waals surface area (Å²) in [6.07, 6.45) is 4.02. The average Bonchev–Trinajstić information content (AvgIpc) is 3.27. The van der Waals surface area contributed by atoms with Crippen molar-refractivity contribution in [1.29, 1.82) is 0 Å². The van der Waals surface area contributed by atoms with Crippen molar-refractivity contribution in [3.63, 3.8) is 0 Å². The van der Waals surface area contributed by atoms with Crippen LogP contribution in [0.4, 0.5) is 5.69 Å². The molecule has 6 nitrogen and oxygen atoms in total. The molecule has 0 radical (unpaired) electrons. The van der Waals surface area contributed by atoms with Crippen molar-refractivity contribution < 1.29 is 9.32 Å². The number of rotatable bonds is 7. The van der Waals surface area contributed by atoms with E-state index in [0.29, 0.717) is 24.7 Å². The number of aryl methyl sites for hydroxylation is 2. The number of amides is 1. The number of hydrogen-bond acceptors (Lipinski definition) is 5. The fourth-order valence-electron chi connectivity index (χ4n) is 3.13. The van der Waals surface area contributed by atoms with Crippen LogP contribution in [0.1, 0.15) is 23.4 Å². The van der Waals surface area contributed by atoms with Crippen molar-refractivity contribution in [3.8, 4) is 11.4 Å². The number of carbonyl (C=O) groups is 1. The van der Waals surface area contributed by atoms with Gasteiger partial charge in [0.2, 0.25) is 17.6 Å². The number of pyridine rings is 1. The van der Waals surface area contributed by atoms with E-state index < -0.39 is 0 Å². The van der Waals surface area contributed by atoms with E-state index in [-0.39, 0.29) is 12.3 Å². The molecule has 2 aromatic carbocycles. The molecule has 0 N–H and O–H groups in total. The van der Waals surface area contributed by atoms with Gasteiger partial charge >= 0.3 is 0 Å².